The molecule has 1 aliphatic rings. The molecule has 0 bridgehead atoms. The van der Waals surface area contributed by atoms with E-state index in [1.54, 1.807) is 24.3 Å². The highest BCUT2D eigenvalue weighted by atomic mass is 32.2. The third-order valence-electron chi connectivity index (χ3n) is 5.27. The average molecular weight is 421 g/mol. The van der Waals surface area contributed by atoms with E-state index < -0.39 is 15.4 Å². The molecule has 2 N–H and O–H groups in total. The summed E-state index contributed by atoms with van der Waals surface area (Å²) in [6.45, 7) is 0. The van der Waals surface area contributed by atoms with Crippen molar-refractivity contribution < 1.29 is 22.3 Å². The van der Waals surface area contributed by atoms with E-state index in [0.29, 0.717) is 24.1 Å². The third-order valence-corrected chi connectivity index (χ3v) is 5.86. The van der Waals surface area contributed by atoms with Gasteiger partial charge in [0.2, 0.25) is 15.9 Å². The van der Waals surface area contributed by atoms with Crippen molar-refractivity contribution in [3.63, 3.8) is 0 Å². The third kappa shape index (κ3) is 4.87. The van der Waals surface area contributed by atoms with E-state index in [1.807, 2.05) is 0 Å². The average Bonchev–Trinajstić information content (AvgIpc) is 2.68. The molecule has 29 heavy (non-hydrogen) atoms. The second kappa shape index (κ2) is 8.41. The highest BCUT2D eigenvalue weighted by molar-refractivity contribution is 7.92. The van der Waals surface area contributed by atoms with Crippen molar-refractivity contribution in [2.45, 2.75) is 37.5 Å². The highest BCUT2D eigenvalue weighted by Crippen LogP contribution is 2.41. The highest BCUT2D eigenvalue weighted by Gasteiger charge is 2.41. The van der Waals surface area contributed by atoms with Gasteiger partial charge in [0.25, 0.3) is 0 Å². The first-order valence-electron chi connectivity index (χ1n) is 9.47. The summed E-state index contributed by atoms with van der Waals surface area (Å²) < 4.78 is 44.5. The van der Waals surface area contributed by atoms with Crippen molar-refractivity contribution in [3.8, 4) is 5.75 Å². The predicted octanol–water partition coefficient (Wildman–Crippen LogP) is 4.05. The number of sulfonamides is 1. The Hall–Kier alpha value is -2.61. The second-order valence-electron chi connectivity index (χ2n) is 7.40. The number of methoxy groups -OCH3 is 1. The Bertz CT molecular complexity index is 1000. The molecule has 1 amide bonds. The van der Waals surface area contributed by atoms with E-state index in [0.717, 1.165) is 25.5 Å². The number of carbonyl (C=O) groups is 1. The molecular formula is C21H25FN2O4S. The van der Waals surface area contributed by atoms with Crippen LogP contribution in [0.2, 0.25) is 0 Å². The van der Waals surface area contributed by atoms with Crippen LogP contribution >= 0.6 is 0 Å². The first kappa shape index (κ1) is 21.1. The lowest BCUT2D eigenvalue weighted by atomic mass is 9.68. The van der Waals surface area contributed by atoms with E-state index in [-0.39, 0.29) is 23.2 Å². The lowest BCUT2D eigenvalue weighted by Gasteiger charge is -2.36. The maximum absolute atomic E-state index is 13.9. The molecule has 2 aromatic rings. The Kier molecular flexibility index (Phi) is 6.12. The van der Waals surface area contributed by atoms with E-state index >= 15 is 0 Å². The first-order chi connectivity index (χ1) is 13.7. The van der Waals surface area contributed by atoms with Crippen LogP contribution in [0.25, 0.3) is 0 Å². The number of carbonyl (C=O) groups excluding carboxylic acids is 1. The van der Waals surface area contributed by atoms with E-state index in [2.05, 4.69) is 10.0 Å². The summed E-state index contributed by atoms with van der Waals surface area (Å²) in [6.07, 6.45) is 5.17. The van der Waals surface area contributed by atoms with Gasteiger partial charge in [-0.1, -0.05) is 31.4 Å². The molecule has 1 aliphatic carbocycles. The van der Waals surface area contributed by atoms with Gasteiger partial charge in [-0.25, -0.2) is 12.8 Å². The summed E-state index contributed by atoms with van der Waals surface area (Å²) >= 11 is 0. The fraction of sp³-hybridized carbons (Fsp3) is 0.381. The summed E-state index contributed by atoms with van der Waals surface area (Å²) in [5.41, 5.74) is 0.645. The Balaban J connectivity index is 1.90. The van der Waals surface area contributed by atoms with Crippen LogP contribution in [0.4, 0.5) is 15.8 Å². The summed E-state index contributed by atoms with van der Waals surface area (Å²) in [5.74, 6) is -0.275. The van der Waals surface area contributed by atoms with Crippen LogP contribution < -0.4 is 14.8 Å². The van der Waals surface area contributed by atoms with Crippen molar-refractivity contribution in [1.82, 2.24) is 0 Å². The summed E-state index contributed by atoms with van der Waals surface area (Å²) in [4.78, 5) is 13.3. The molecule has 0 aliphatic heterocycles. The van der Waals surface area contributed by atoms with Gasteiger partial charge in [-0.15, -0.1) is 0 Å². The maximum Gasteiger partial charge on any atom is 0.235 e. The van der Waals surface area contributed by atoms with Crippen LogP contribution in [-0.2, 0) is 20.2 Å². The van der Waals surface area contributed by atoms with E-state index in [1.165, 1.54) is 25.3 Å². The van der Waals surface area contributed by atoms with Gasteiger partial charge in [-0.2, -0.15) is 0 Å². The van der Waals surface area contributed by atoms with Gasteiger partial charge in [-0.3, -0.25) is 9.52 Å². The molecule has 0 saturated heterocycles. The van der Waals surface area contributed by atoms with Crippen molar-refractivity contribution >= 4 is 27.3 Å². The van der Waals surface area contributed by atoms with Crippen molar-refractivity contribution in [2.75, 3.05) is 23.4 Å². The van der Waals surface area contributed by atoms with Gasteiger partial charge in [0.05, 0.1) is 24.5 Å². The molecular weight excluding hydrogens is 395 g/mol. The largest absolute Gasteiger partial charge is 0.494 e. The standard InChI is InChI=1S/C21H25FN2O4S/c1-28-19-14-17(9-10-18(19)24-29(2,26)27)23-20(25)21(11-4-3-5-12-21)15-7-6-8-16(22)13-15/h6-10,13-14,24H,3-5,11-12H2,1-2H3,(H,23,25). The zero-order chi connectivity index (χ0) is 21.1. The number of benzene rings is 2. The number of hydrogen-bond donors (Lipinski definition) is 2. The molecule has 0 atom stereocenters. The van der Waals surface area contributed by atoms with Crippen LogP contribution in [0.1, 0.15) is 37.7 Å². The normalized spacial score (nSPS) is 16.1. The van der Waals surface area contributed by atoms with Crippen molar-refractivity contribution in [1.29, 1.82) is 0 Å². The fourth-order valence-corrected chi connectivity index (χ4v) is 4.46. The number of amides is 1. The number of nitrogens with one attached hydrogen (secondary N) is 2. The molecule has 0 unspecified atom stereocenters. The molecule has 0 aromatic heterocycles. The van der Waals surface area contributed by atoms with Crippen LogP contribution in [0, 0.1) is 5.82 Å². The van der Waals surface area contributed by atoms with E-state index in [9.17, 15) is 17.6 Å². The molecule has 0 radical (unpaired) electrons. The lowest BCUT2D eigenvalue weighted by Crippen LogP contribution is -2.42. The second-order valence-corrected chi connectivity index (χ2v) is 9.14. The topological polar surface area (TPSA) is 84.5 Å². The van der Waals surface area contributed by atoms with Gasteiger partial charge in [-0.05, 0) is 42.7 Å². The Morgan fingerprint density at radius 1 is 1.10 bits per heavy atom. The van der Waals surface area contributed by atoms with Crippen LogP contribution in [-0.4, -0.2) is 27.7 Å². The van der Waals surface area contributed by atoms with Gasteiger partial charge in [0.15, 0.2) is 0 Å². The molecule has 3 rings (SSSR count). The van der Waals surface area contributed by atoms with Crippen LogP contribution in [0.3, 0.4) is 0 Å². The first-order valence-corrected chi connectivity index (χ1v) is 11.4. The minimum atomic E-state index is -3.47. The number of halogens is 1. The zero-order valence-electron chi connectivity index (χ0n) is 16.5. The zero-order valence-corrected chi connectivity index (χ0v) is 17.3. The maximum atomic E-state index is 13.9. The van der Waals surface area contributed by atoms with Crippen LogP contribution in [0.15, 0.2) is 42.5 Å². The molecule has 156 valence electrons. The Morgan fingerprint density at radius 3 is 2.45 bits per heavy atom. The van der Waals surface area contributed by atoms with Crippen molar-refractivity contribution in [3.05, 3.63) is 53.8 Å². The van der Waals surface area contributed by atoms with Gasteiger partial charge < -0.3 is 10.1 Å². The molecule has 1 fully saturated rings. The van der Waals surface area contributed by atoms with Gasteiger partial charge in [0.1, 0.15) is 11.6 Å². The SMILES string of the molecule is COc1cc(NC(=O)C2(c3cccc(F)c3)CCCCC2)ccc1NS(C)(=O)=O. The summed E-state index contributed by atoms with van der Waals surface area (Å²) in [7, 11) is -2.05. The number of rotatable bonds is 6. The minimum absolute atomic E-state index is 0.200. The monoisotopic (exact) mass is 420 g/mol. The summed E-state index contributed by atoms with van der Waals surface area (Å²) in [5, 5.41) is 2.92. The fourth-order valence-electron chi connectivity index (χ4n) is 3.89. The van der Waals surface area contributed by atoms with Gasteiger partial charge in [0, 0.05) is 11.8 Å². The molecule has 0 spiro atoms. The number of anilines is 2. The Labute approximate surface area is 170 Å². The molecule has 8 heteroatoms. The molecule has 6 nitrogen and oxygen atoms in total. The smallest absolute Gasteiger partial charge is 0.235 e. The minimum Gasteiger partial charge on any atom is -0.494 e. The quantitative estimate of drug-likeness (QED) is 0.739. The van der Waals surface area contributed by atoms with Gasteiger partial charge >= 0.3 is 0 Å². The Morgan fingerprint density at radius 2 is 1.83 bits per heavy atom. The molecule has 1 saturated carbocycles. The van der Waals surface area contributed by atoms with Crippen molar-refractivity contribution in [2.24, 2.45) is 0 Å². The number of ether oxygens (including phenoxy) is 1. The molecule has 2 aromatic carbocycles. The number of hydrogen-bond acceptors (Lipinski definition) is 4. The predicted molar refractivity (Wildman–Crippen MR) is 111 cm³/mol. The van der Waals surface area contributed by atoms with Crippen LogP contribution in [0.5, 0.6) is 5.75 Å². The summed E-state index contributed by atoms with van der Waals surface area (Å²) in [6, 6.07) is 10.9. The van der Waals surface area contributed by atoms with E-state index in [4.69, 9.17) is 4.74 Å². The lowest BCUT2D eigenvalue weighted by molar-refractivity contribution is -0.122. The molecule has 0 heterocycles.